The number of hydrogen-bond donors (Lipinski definition) is 0. The molecule has 0 heterocycles. The first-order valence-corrected chi connectivity index (χ1v) is 6.77. The average Bonchev–Trinajstić information content (AvgIpc) is 3.10. The van der Waals surface area contributed by atoms with E-state index in [0.29, 0.717) is 5.92 Å². The fourth-order valence-corrected chi connectivity index (χ4v) is 2.91. The van der Waals surface area contributed by atoms with E-state index in [1.54, 1.807) is 0 Å². The van der Waals surface area contributed by atoms with Gasteiger partial charge in [-0.05, 0) is 12.3 Å². The second kappa shape index (κ2) is 9.89. The maximum atomic E-state index is 2.99. The van der Waals surface area contributed by atoms with E-state index in [1.165, 1.54) is 24.0 Å². The third-order valence-electron chi connectivity index (χ3n) is 3.81. The second-order valence-corrected chi connectivity index (χ2v) is 4.99. The van der Waals surface area contributed by atoms with Gasteiger partial charge in [0.1, 0.15) is 0 Å². The van der Waals surface area contributed by atoms with E-state index in [-0.39, 0.29) is 35.6 Å². The summed E-state index contributed by atoms with van der Waals surface area (Å²) in [6, 6.07) is 8.79. The monoisotopic (exact) mass is 362 g/mol. The van der Waals surface area contributed by atoms with Crippen LogP contribution in [0.1, 0.15) is 36.3 Å². The van der Waals surface area contributed by atoms with Gasteiger partial charge in [-0.3, -0.25) is 6.08 Å². The van der Waals surface area contributed by atoms with E-state index >= 15 is 0 Å². The molecule has 0 radical (unpaired) electrons. The topological polar surface area (TPSA) is 0 Å². The van der Waals surface area contributed by atoms with Crippen LogP contribution in [0.3, 0.4) is 0 Å². The largest absolute Gasteiger partial charge is 4.00 e. The van der Waals surface area contributed by atoms with Gasteiger partial charge >= 0.3 is 26.2 Å². The number of allylic oxidation sites excluding steroid dienone is 6. The van der Waals surface area contributed by atoms with Gasteiger partial charge in [0.05, 0.1) is 0 Å². The van der Waals surface area contributed by atoms with Crippen LogP contribution in [-0.4, -0.2) is 0 Å². The van der Waals surface area contributed by atoms with Crippen molar-refractivity contribution in [3.8, 4) is 0 Å². The molecule has 2 atom stereocenters. The van der Waals surface area contributed by atoms with E-state index in [2.05, 4.69) is 55.0 Å². The molecule has 108 valence electrons. The normalized spacial score (nSPS) is 22.3. The first-order chi connectivity index (χ1) is 8.95. The first kappa shape index (κ1) is 20.1. The fraction of sp³-hybridized carbons (Fsp3) is 0.278. The van der Waals surface area contributed by atoms with Gasteiger partial charge in [0, 0.05) is 0 Å². The smallest absolute Gasteiger partial charge is 1.00 e. The molecule has 3 aliphatic carbocycles. The molecule has 0 aliphatic heterocycles. The Hall–Kier alpha value is -0.947. The molecule has 0 saturated carbocycles. The molecule has 1 aromatic carbocycles. The summed E-state index contributed by atoms with van der Waals surface area (Å²) in [5.41, 5.74) is 2.99. The Balaban J connectivity index is 0.000000437. The van der Waals surface area contributed by atoms with E-state index in [9.17, 15) is 0 Å². The van der Waals surface area contributed by atoms with Gasteiger partial charge in [0.15, 0.2) is 0 Å². The molecule has 0 fully saturated rings. The van der Waals surface area contributed by atoms with Crippen LogP contribution in [0.15, 0.2) is 54.6 Å². The van der Waals surface area contributed by atoms with Crippen molar-refractivity contribution in [1.82, 2.24) is 0 Å². The minimum Gasteiger partial charge on any atom is -1.00 e. The molecule has 1 aromatic rings. The molecular weight excluding hydrogens is 345 g/mol. The summed E-state index contributed by atoms with van der Waals surface area (Å²) >= 11 is 0. The quantitative estimate of drug-likeness (QED) is 0.394. The number of rotatable bonds is 0. The van der Waals surface area contributed by atoms with Crippen LogP contribution < -0.4 is 9.41 Å². The standard InChI is InChI=1S/C13H13.C5H5.2FH.Zr/c1-3-7-12-10(5-1)9-11-6-2-4-8-13(11)12;1-2-4-5-3-1;;;/h1,3-5,7-9,11,13H,2,6H2;1-3H,4H2;2*1H;/q2*-1;;;+4/p-2. The summed E-state index contributed by atoms with van der Waals surface area (Å²) < 4.78 is 0. The van der Waals surface area contributed by atoms with Crippen molar-refractivity contribution in [1.29, 1.82) is 0 Å². The van der Waals surface area contributed by atoms with Crippen molar-refractivity contribution in [3.05, 3.63) is 78.3 Å². The third-order valence-corrected chi connectivity index (χ3v) is 3.81. The zero-order chi connectivity index (χ0) is 12.2. The number of fused-ring (bicyclic) bond motifs is 3. The molecule has 2 unspecified atom stereocenters. The van der Waals surface area contributed by atoms with Crippen molar-refractivity contribution in [2.45, 2.75) is 25.2 Å². The number of benzene rings is 1. The van der Waals surface area contributed by atoms with Crippen molar-refractivity contribution >= 4 is 0 Å². The Morgan fingerprint density at radius 1 is 1.10 bits per heavy atom. The predicted molar refractivity (Wildman–Crippen MR) is 76.0 cm³/mol. The van der Waals surface area contributed by atoms with Gasteiger partial charge < -0.3 is 9.41 Å². The molecule has 0 nitrogen and oxygen atoms in total. The Kier molecular flexibility index (Phi) is 9.45. The minimum absolute atomic E-state index is 0. The molecule has 3 heteroatoms. The van der Waals surface area contributed by atoms with Gasteiger partial charge in [0.25, 0.3) is 0 Å². The maximum absolute atomic E-state index is 2.99. The Bertz CT molecular complexity index is 496. The third kappa shape index (κ3) is 4.78. The average molecular weight is 364 g/mol. The number of hydrogen-bond acceptors (Lipinski definition) is 0. The molecule has 21 heavy (non-hydrogen) atoms. The Labute approximate surface area is 144 Å². The van der Waals surface area contributed by atoms with Crippen molar-refractivity contribution in [2.75, 3.05) is 0 Å². The van der Waals surface area contributed by atoms with Crippen LogP contribution in [0.4, 0.5) is 0 Å². The summed E-state index contributed by atoms with van der Waals surface area (Å²) in [5, 5.41) is 0. The van der Waals surface area contributed by atoms with E-state index in [1.807, 2.05) is 12.2 Å². The van der Waals surface area contributed by atoms with Gasteiger partial charge in [-0.15, -0.1) is 24.1 Å². The van der Waals surface area contributed by atoms with Crippen LogP contribution in [0.25, 0.3) is 0 Å². The molecule has 0 spiro atoms. The van der Waals surface area contributed by atoms with Gasteiger partial charge in [0.2, 0.25) is 0 Å². The fourth-order valence-electron chi connectivity index (χ4n) is 2.91. The second-order valence-electron chi connectivity index (χ2n) is 4.99. The SMILES string of the molecule is C1=CC2c3ccccc3[CH-]C2CC1.[C-]1=CC=CC1.[F-].[F-].[Zr+4]. The molecular formula is C18H18F2Zr. The van der Waals surface area contributed by atoms with Crippen LogP contribution in [0, 0.1) is 18.4 Å². The zero-order valence-corrected chi connectivity index (χ0v) is 14.3. The summed E-state index contributed by atoms with van der Waals surface area (Å²) in [5.74, 6) is 1.47. The molecule has 0 N–H and O–H groups in total. The van der Waals surface area contributed by atoms with Crippen LogP contribution in [0.2, 0.25) is 0 Å². The van der Waals surface area contributed by atoms with Gasteiger partial charge in [-0.2, -0.15) is 24.1 Å². The molecule has 4 rings (SSSR count). The summed E-state index contributed by atoms with van der Waals surface area (Å²) in [6.07, 6.45) is 19.7. The molecule has 0 saturated heterocycles. The summed E-state index contributed by atoms with van der Waals surface area (Å²) in [6.45, 7) is 0. The molecule has 0 amide bonds. The van der Waals surface area contributed by atoms with E-state index < -0.39 is 0 Å². The van der Waals surface area contributed by atoms with Crippen LogP contribution in [-0.2, 0) is 26.2 Å². The Morgan fingerprint density at radius 3 is 2.57 bits per heavy atom. The Morgan fingerprint density at radius 2 is 1.90 bits per heavy atom. The van der Waals surface area contributed by atoms with Gasteiger partial charge in [-0.1, -0.05) is 30.6 Å². The minimum atomic E-state index is 0. The molecule has 0 aromatic heterocycles. The zero-order valence-electron chi connectivity index (χ0n) is 11.8. The summed E-state index contributed by atoms with van der Waals surface area (Å²) in [7, 11) is 0. The number of halogens is 2. The van der Waals surface area contributed by atoms with Crippen LogP contribution in [0.5, 0.6) is 0 Å². The summed E-state index contributed by atoms with van der Waals surface area (Å²) in [4.78, 5) is 0. The van der Waals surface area contributed by atoms with E-state index in [0.717, 1.165) is 12.3 Å². The van der Waals surface area contributed by atoms with Crippen LogP contribution >= 0.6 is 0 Å². The molecule has 3 aliphatic rings. The van der Waals surface area contributed by atoms with E-state index in [4.69, 9.17) is 0 Å². The van der Waals surface area contributed by atoms with Crippen molar-refractivity contribution < 1.29 is 35.6 Å². The predicted octanol–water partition coefficient (Wildman–Crippen LogP) is -1.39. The first-order valence-electron chi connectivity index (χ1n) is 6.77. The maximum Gasteiger partial charge on any atom is 4.00 e. The van der Waals surface area contributed by atoms with Gasteiger partial charge in [-0.25, -0.2) is 12.2 Å². The van der Waals surface area contributed by atoms with Crippen molar-refractivity contribution in [3.63, 3.8) is 0 Å². The van der Waals surface area contributed by atoms with Crippen molar-refractivity contribution in [2.24, 2.45) is 5.92 Å². The molecule has 0 bridgehead atoms.